The Bertz CT molecular complexity index is 649. The number of hydrogen-bond donors (Lipinski definition) is 1. The molecular formula is C17H21NO4S. The van der Waals surface area contributed by atoms with Crippen LogP contribution in [0.1, 0.15) is 26.0 Å². The molecule has 2 rings (SSSR count). The first-order valence-corrected chi connectivity index (χ1v) is 8.24. The molecule has 0 aliphatic carbocycles. The van der Waals surface area contributed by atoms with E-state index < -0.39 is 11.4 Å². The van der Waals surface area contributed by atoms with E-state index in [1.807, 2.05) is 24.3 Å². The van der Waals surface area contributed by atoms with E-state index in [2.05, 4.69) is 4.98 Å². The maximum absolute atomic E-state index is 11.3. The lowest BCUT2D eigenvalue weighted by molar-refractivity contribution is -0.142. The zero-order valence-electron chi connectivity index (χ0n) is 13.5. The van der Waals surface area contributed by atoms with Crippen molar-refractivity contribution in [2.45, 2.75) is 25.7 Å². The van der Waals surface area contributed by atoms with Crippen LogP contribution in [0.4, 0.5) is 0 Å². The number of nitrogens with zero attached hydrogens (tertiary/aromatic N) is 1. The summed E-state index contributed by atoms with van der Waals surface area (Å²) in [5.41, 5.74) is 0.538. The van der Waals surface area contributed by atoms with Crippen molar-refractivity contribution in [3.63, 3.8) is 0 Å². The van der Waals surface area contributed by atoms with Crippen molar-refractivity contribution in [2.75, 3.05) is 20.3 Å². The maximum Gasteiger partial charge on any atom is 0.315 e. The molecule has 0 spiro atoms. The second-order valence-corrected chi connectivity index (χ2v) is 6.55. The van der Waals surface area contributed by atoms with Crippen LogP contribution in [0.3, 0.4) is 0 Å². The molecule has 0 aliphatic rings. The summed E-state index contributed by atoms with van der Waals surface area (Å²) in [6, 6.07) is 7.65. The Morgan fingerprint density at radius 3 is 2.57 bits per heavy atom. The molecule has 2 aromatic rings. The third-order valence-corrected chi connectivity index (χ3v) is 4.43. The fourth-order valence-electron chi connectivity index (χ4n) is 1.89. The number of carboxylic acid groups (broad SMARTS) is 1. The largest absolute Gasteiger partial charge is 0.494 e. The number of rotatable bonds is 8. The van der Waals surface area contributed by atoms with Crippen LogP contribution in [0.25, 0.3) is 10.6 Å². The first-order chi connectivity index (χ1) is 10.9. The molecule has 0 saturated carbocycles. The number of methoxy groups -OCH3 is 1. The molecule has 0 aliphatic heterocycles. The molecule has 1 heterocycles. The number of thiazole rings is 1. The minimum absolute atomic E-state index is 0.574. The van der Waals surface area contributed by atoms with Gasteiger partial charge in [0.05, 0.1) is 12.3 Å². The Balaban J connectivity index is 2.05. The number of carboxylic acids is 1. The van der Waals surface area contributed by atoms with E-state index in [1.165, 1.54) is 11.3 Å². The molecule has 0 bridgehead atoms. The van der Waals surface area contributed by atoms with E-state index >= 15 is 0 Å². The van der Waals surface area contributed by atoms with Crippen molar-refractivity contribution in [3.05, 3.63) is 35.3 Å². The lowest BCUT2D eigenvalue weighted by Gasteiger charge is -2.15. The van der Waals surface area contributed by atoms with Gasteiger partial charge in [0.25, 0.3) is 0 Å². The number of ether oxygens (including phenoxy) is 2. The predicted molar refractivity (Wildman–Crippen MR) is 90.2 cm³/mol. The van der Waals surface area contributed by atoms with E-state index in [0.717, 1.165) is 22.7 Å². The third kappa shape index (κ3) is 4.30. The van der Waals surface area contributed by atoms with Gasteiger partial charge in [-0.2, -0.15) is 0 Å². The van der Waals surface area contributed by atoms with Gasteiger partial charge in [0.15, 0.2) is 0 Å². The average Bonchev–Trinajstić information content (AvgIpc) is 3.03. The Kier molecular flexibility index (Phi) is 5.74. The Hall–Kier alpha value is -1.92. The van der Waals surface area contributed by atoms with Crippen molar-refractivity contribution >= 4 is 17.3 Å². The lowest BCUT2D eigenvalue weighted by Crippen LogP contribution is -2.28. The van der Waals surface area contributed by atoms with Crippen molar-refractivity contribution < 1.29 is 19.4 Å². The number of aliphatic carboxylic acids is 1. The van der Waals surface area contributed by atoms with Crippen molar-refractivity contribution in [2.24, 2.45) is 0 Å². The number of carbonyl (C=O) groups is 1. The topological polar surface area (TPSA) is 68.7 Å². The number of aromatic nitrogens is 1. The van der Waals surface area contributed by atoms with E-state index in [9.17, 15) is 9.90 Å². The molecular weight excluding hydrogens is 314 g/mol. The molecule has 0 fully saturated rings. The second kappa shape index (κ2) is 7.57. The van der Waals surface area contributed by atoms with Crippen molar-refractivity contribution in [1.29, 1.82) is 0 Å². The van der Waals surface area contributed by atoms with Crippen LogP contribution in [-0.2, 0) is 14.9 Å². The minimum atomic E-state index is -0.987. The van der Waals surface area contributed by atoms with Crippen LogP contribution in [0.5, 0.6) is 5.75 Å². The van der Waals surface area contributed by atoms with Crippen LogP contribution in [0.15, 0.2) is 29.6 Å². The van der Waals surface area contributed by atoms with Crippen LogP contribution in [-0.4, -0.2) is 36.4 Å². The normalized spacial score (nSPS) is 11.4. The number of hydrogen-bond acceptors (Lipinski definition) is 5. The molecule has 0 radical (unpaired) electrons. The summed E-state index contributed by atoms with van der Waals surface area (Å²) in [6.07, 6.45) is 0.846. The highest BCUT2D eigenvalue weighted by Crippen LogP contribution is 2.31. The molecule has 0 unspecified atom stereocenters. The van der Waals surface area contributed by atoms with E-state index in [1.54, 1.807) is 26.3 Å². The van der Waals surface area contributed by atoms with Crippen LogP contribution in [0, 0.1) is 0 Å². The van der Waals surface area contributed by atoms with Gasteiger partial charge in [0.2, 0.25) is 0 Å². The maximum atomic E-state index is 11.3. The summed E-state index contributed by atoms with van der Waals surface area (Å²) in [5.74, 6) is -0.0818. The van der Waals surface area contributed by atoms with Gasteiger partial charge < -0.3 is 14.6 Å². The molecule has 124 valence electrons. The summed E-state index contributed by atoms with van der Waals surface area (Å²) in [5, 5.41) is 11.9. The van der Waals surface area contributed by atoms with Gasteiger partial charge in [-0.05, 0) is 38.1 Å². The van der Waals surface area contributed by atoms with Gasteiger partial charge in [0.1, 0.15) is 16.2 Å². The smallest absolute Gasteiger partial charge is 0.315 e. The summed E-state index contributed by atoms with van der Waals surface area (Å²) in [4.78, 5) is 15.8. The molecule has 0 atom stereocenters. The quantitative estimate of drug-likeness (QED) is 0.747. The molecule has 0 saturated heterocycles. The van der Waals surface area contributed by atoms with E-state index in [0.29, 0.717) is 18.9 Å². The highest BCUT2D eigenvalue weighted by molar-refractivity contribution is 7.13. The van der Waals surface area contributed by atoms with Gasteiger partial charge in [-0.3, -0.25) is 4.79 Å². The fourth-order valence-corrected chi connectivity index (χ4v) is 2.88. The first kappa shape index (κ1) is 17.4. The Labute approximate surface area is 139 Å². The van der Waals surface area contributed by atoms with Gasteiger partial charge >= 0.3 is 5.97 Å². The molecule has 1 aromatic heterocycles. The first-order valence-electron chi connectivity index (χ1n) is 7.36. The van der Waals surface area contributed by atoms with E-state index in [4.69, 9.17) is 9.47 Å². The second-order valence-electron chi connectivity index (χ2n) is 5.69. The zero-order chi connectivity index (χ0) is 16.9. The Morgan fingerprint density at radius 1 is 1.26 bits per heavy atom. The number of benzene rings is 1. The lowest BCUT2D eigenvalue weighted by atomic mass is 9.90. The minimum Gasteiger partial charge on any atom is -0.494 e. The van der Waals surface area contributed by atoms with Crippen LogP contribution >= 0.6 is 11.3 Å². The highest BCUT2D eigenvalue weighted by Gasteiger charge is 2.32. The fraction of sp³-hybridized carbons (Fsp3) is 0.412. The summed E-state index contributed by atoms with van der Waals surface area (Å²) in [7, 11) is 1.67. The van der Waals surface area contributed by atoms with Gasteiger partial charge in [-0.25, -0.2) is 4.98 Å². The SMILES string of the molecule is COCCCOc1ccc(-c2nc(C(C)(C)C(=O)O)cs2)cc1. The Morgan fingerprint density at radius 2 is 1.96 bits per heavy atom. The molecule has 1 aromatic carbocycles. The molecule has 0 amide bonds. The average molecular weight is 335 g/mol. The highest BCUT2D eigenvalue weighted by atomic mass is 32.1. The van der Waals surface area contributed by atoms with Crippen LogP contribution < -0.4 is 4.74 Å². The zero-order valence-corrected chi connectivity index (χ0v) is 14.4. The third-order valence-electron chi connectivity index (χ3n) is 3.54. The molecule has 6 heteroatoms. The molecule has 23 heavy (non-hydrogen) atoms. The summed E-state index contributed by atoms with van der Waals surface area (Å²) >= 11 is 1.45. The van der Waals surface area contributed by atoms with Crippen molar-refractivity contribution in [1.82, 2.24) is 4.98 Å². The van der Waals surface area contributed by atoms with Crippen molar-refractivity contribution in [3.8, 4) is 16.3 Å². The molecule has 1 N–H and O–H groups in total. The van der Waals surface area contributed by atoms with Gasteiger partial charge in [-0.15, -0.1) is 11.3 Å². The molecule has 5 nitrogen and oxygen atoms in total. The van der Waals surface area contributed by atoms with Gasteiger partial charge in [0, 0.05) is 31.1 Å². The van der Waals surface area contributed by atoms with Crippen LogP contribution in [0.2, 0.25) is 0 Å². The summed E-state index contributed by atoms with van der Waals surface area (Å²) in [6.45, 7) is 4.61. The summed E-state index contributed by atoms with van der Waals surface area (Å²) < 4.78 is 10.6. The van der Waals surface area contributed by atoms with Gasteiger partial charge in [-0.1, -0.05) is 0 Å². The van der Waals surface area contributed by atoms with E-state index in [-0.39, 0.29) is 0 Å². The monoisotopic (exact) mass is 335 g/mol. The predicted octanol–water partition coefficient (Wildman–Crippen LogP) is 3.59. The standard InChI is InChI=1S/C17H21NO4S/c1-17(2,16(19)20)14-11-23-15(18-14)12-5-7-13(8-6-12)22-10-4-9-21-3/h5-8,11H,4,9-10H2,1-3H3,(H,19,20).